The van der Waals surface area contributed by atoms with Crippen LogP contribution in [-0.4, -0.2) is 43.8 Å². The summed E-state index contributed by atoms with van der Waals surface area (Å²) in [5.41, 5.74) is 1.31. The lowest BCUT2D eigenvalue weighted by Crippen LogP contribution is -2.53. The minimum Gasteiger partial charge on any atom is -0.378 e. The van der Waals surface area contributed by atoms with Gasteiger partial charge >= 0.3 is 0 Å². The first-order valence-electron chi connectivity index (χ1n) is 7.29. The zero-order chi connectivity index (χ0) is 14.6. The molecular weight excluding hydrogens is 272 g/mol. The molecule has 0 aliphatic carbocycles. The first-order chi connectivity index (χ1) is 9.54. The summed E-state index contributed by atoms with van der Waals surface area (Å²) < 4.78 is 5.57. The maximum absolute atomic E-state index is 6.30. The van der Waals surface area contributed by atoms with Crippen LogP contribution < -0.4 is 5.32 Å². The van der Waals surface area contributed by atoms with Crippen molar-refractivity contribution in [2.24, 2.45) is 0 Å². The van der Waals surface area contributed by atoms with Gasteiger partial charge in [-0.1, -0.05) is 29.8 Å². The van der Waals surface area contributed by atoms with E-state index in [1.54, 1.807) is 0 Å². The van der Waals surface area contributed by atoms with Crippen LogP contribution in [0.5, 0.6) is 0 Å². The maximum Gasteiger partial charge on any atom is 0.0645 e. The Labute approximate surface area is 127 Å². The van der Waals surface area contributed by atoms with E-state index < -0.39 is 0 Å². The van der Waals surface area contributed by atoms with Gasteiger partial charge < -0.3 is 10.1 Å². The molecule has 1 aliphatic rings. The van der Waals surface area contributed by atoms with E-state index >= 15 is 0 Å². The summed E-state index contributed by atoms with van der Waals surface area (Å²) in [5.74, 6) is 0. The molecule has 3 nitrogen and oxygen atoms in total. The molecule has 1 fully saturated rings. The Hall–Kier alpha value is -0.610. The molecule has 1 atom stereocenters. The number of rotatable bonds is 5. The molecule has 1 aliphatic heterocycles. The minimum atomic E-state index is 0.122. The summed E-state index contributed by atoms with van der Waals surface area (Å²) in [7, 11) is 2.00. The maximum atomic E-state index is 6.30. The van der Waals surface area contributed by atoms with Gasteiger partial charge in [-0.3, -0.25) is 4.90 Å². The van der Waals surface area contributed by atoms with Crippen molar-refractivity contribution in [1.29, 1.82) is 0 Å². The standard InChI is InChI=1S/C16H25ClN2O/c1-16(2)12-20-11-10-19(16)9-8-15(18-3)13-6-4-5-7-14(13)17/h4-7,15,18H,8-12H2,1-3H3. The van der Waals surface area contributed by atoms with Crippen LogP contribution >= 0.6 is 11.6 Å². The van der Waals surface area contributed by atoms with Crippen LogP contribution in [0.25, 0.3) is 0 Å². The predicted molar refractivity (Wildman–Crippen MR) is 84.3 cm³/mol. The highest BCUT2D eigenvalue weighted by Crippen LogP contribution is 2.26. The Bertz CT molecular complexity index is 436. The van der Waals surface area contributed by atoms with Gasteiger partial charge in [0, 0.05) is 29.7 Å². The number of nitrogens with zero attached hydrogens (tertiary/aromatic N) is 1. The molecule has 0 radical (unpaired) electrons. The van der Waals surface area contributed by atoms with Crippen molar-refractivity contribution in [3.8, 4) is 0 Å². The molecule has 112 valence electrons. The molecule has 4 heteroatoms. The number of hydrogen-bond donors (Lipinski definition) is 1. The first kappa shape index (κ1) is 15.8. The lowest BCUT2D eigenvalue weighted by molar-refractivity contribution is -0.0520. The SMILES string of the molecule is CNC(CCN1CCOCC1(C)C)c1ccccc1Cl. The number of hydrogen-bond acceptors (Lipinski definition) is 3. The van der Waals surface area contributed by atoms with Gasteiger partial charge in [0.25, 0.3) is 0 Å². The van der Waals surface area contributed by atoms with E-state index in [9.17, 15) is 0 Å². The van der Waals surface area contributed by atoms with Gasteiger partial charge in [-0.15, -0.1) is 0 Å². The van der Waals surface area contributed by atoms with Gasteiger partial charge in [0.1, 0.15) is 0 Å². The van der Waals surface area contributed by atoms with Gasteiger partial charge in [-0.25, -0.2) is 0 Å². The molecule has 1 aromatic carbocycles. The smallest absolute Gasteiger partial charge is 0.0645 e. The van der Waals surface area contributed by atoms with Crippen molar-refractivity contribution >= 4 is 11.6 Å². The van der Waals surface area contributed by atoms with E-state index in [1.165, 1.54) is 5.56 Å². The Morgan fingerprint density at radius 2 is 2.15 bits per heavy atom. The minimum absolute atomic E-state index is 0.122. The van der Waals surface area contributed by atoms with Crippen molar-refractivity contribution in [3.05, 3.63) is 34.9 Å². The molecular formula is C16H25ClN2O. The molecule has 1 unspecified atom stereocenters. The number of nitrogens with one attached hydrogen (secondary N) is 1. The van der Waals surface area contributed by atoms with Gasteiger partial charge in [0.05, 0.1) is 13.2 Å². The van der Waals surface area contributed by atoms with E-state index in [2.05, 4.69) is 30.1 Å². The van der Waals surface area contributed by atoms with E-state index in [0.29, 0.717) is 6.04 Å². The van der Waals surface area contributed by atoms with Crippen molar-refractivity contribution in [2.75, 3.05) is 33.4 Å². The summed E-state index contributed by atoms with van der Waals surface area (Å²) in [4.78, 5) is 2.51. The van der Waals surface area contributed by atoms with Crippen LogP contribution in [0.1, 0.15) is 31.9 Å². The fraction of sp³-hybridized carbons (Fsp3) is 0.625. The zero-order valence-electron chi connectivity index (χ0n) is 12.7. The largest absolute Gasteiger partial charge is 0.378 e. The van der Waals surface area contributed by atoms with Crippen molar-refractivity contribution in [1.82, 2.24) is 10.2 Å². The normalized spacial score (nSPS) is 20.8. The molecule has 1 N–H and O–H groups in total. The van der Waals surface area contributed by atoms with Crippen LogP contribution in [0, 0.1) is 0 Å². The van der Waals surface area contributed by atoms with E-state index in [4.69, 9.17) is 16.3 Å². The summed E-state index contributed by atoms with van der Waals surface area (Å²) in [6, 6.07) is 8.38. The van der Waals surface area contributed by atoms with Crippen molar-refractivity contribution < 1.29 is 4.74 Å². The van der Waals surface area contributed by atoms with Crippen LogP contribution in [0.3, 0.4) is 0 Å². The highest BCUT2D eigenvalue weighted by molar-refractivity contribution is 6.31. The second kappa shape index (κ2) is 6.90. The quantitative estimate of drug-likeness (QED) is 0.903. The van der Waals surface area contributed by atoms with Crippen LogP contribution in [0.2, 0.25) is 5.02 Å². The Morgan fingerprint density at radius 1 is 1.40 bits per heavy atom. The molecule has 0 bridgehead atoms. The summed E-state index contributed by atoms with van der Waals surface area (Å²) >= 11 is 6.30. The third-order valence-electron chi connectivity index (χ3n) is 4.13. The van der Waals surface area contributed by atoms with Gasteiger partial charge in [-0.2, -0.15) is 0 Å². The van der Waals surface area contributed by atoms with Crippen molar-refractivity contribution in [2.45, 2.75) is 31.8 Å². The highest BCUT2D eigenvalue weighted by Gasteiger charge is 2.30. The van der Waals surface area contributed by atoms with Gasteiger partial charge in [-0.05, 0) is 38.9 Å². The zero-order valence-corrected chi connectivity index (χ0v) is 13.4. The third-order valence-corrected chi connectivity index (χ3v) is 4.48. The molecule has 1 aromatic rings. The van der Waals surface area contributed by atoms with E-state index in [1.807, 2.05) is 25.2 Å². The number of benzene rings is 1. The fourth-order valence-electron chi connectivity index (χ4n) is 2.80. The van der Waals surface area contributed by atoms with Crippen LogP contribution in [0.4, 0.5) is 0 Å². The van der Waals surface area contributed by atoms with Crippen LogP contribution in [-0.2, 0) is 4.74 Å². The Balaban J connectivity index is 1.99. The average molecular weight is 297 g/mol. The van der Waals surface area contributed by atoms with Gasteiger partial charge in [0.15, 0.2) is 0 Å². The second-order valence-electron chi connectivity index (χ2n) is 6.00. The molecule has 20 heavy (non-hydrogen) atoms. The highest BCUT2D eigenvalue weighted by atomic mass is 35.5. The summed E-state index contributed by atoms with van der Waals surface area (Å²) in [6.45, 7) is 8.19. The first-order valence-corrected chi connectivity index (χ1v) is 7.67. The molecule has 1 heterocycles. The third kappa shape index (κ3) is 3.73. The van der Waals surface area contributed by atoms with Crippen molar-refractivity contribution in [3.63, 3.8) is 0 Å². The number of ether oxygens (including phenoxy) is 1. The summed E-state index contributed by atoms with van der Waals surface area (Å²) in [6.07, 6.45) is 1.05. The second-order valence-corrected chi connectivity index (χ2v) is 6.41. The monoisotopic (exact) mass is 296 g/mol. The number of morpholine rings is 1. The van der Waals surface area contributed by atoms with Gasteiger partial charge in [0.2, 0.25) is 0 Å². The molecule has 2 rings (SSSR count). The predicted octanol–water partition coefficient (Wildman–Crippen LogP) is 3.10. The topological polar surface area (TPSA) is 24.5 Å². The lowest BCUT2D eigenvalue weighted by Gasteiger charge is -2.42. The molecule has 0 amide bonds. The fourth-order valence-corrected chi connectivity index (χ4v) is 3.07. The molecule has 0 spiro atoms. The van der Waals surface area contributed by atoms with E-state index in [-0.39, 0.29) is 5.54 Å². The summed E-state index contributed by atoms with van der Waals surface area (Å²) in [5, 5.41) is 4.22. The molecule has 0 aromatic heterocycles. The average Bonchev–Trinajstić information content (AvgIpc) is 2.42. The van der Waals surface area contributed by atoms with Crippen LogP contribution in [0.15, 0.2) is 24.3 Å². The Kier molecular flexibility index (Phi) is 5.44. The lowest BCUT2D eigenvalue weighted by atomic mass is 9.99. The molecule has 0 saturated carbocycles. The Morgan fingerprint density at radius 3 is 2.80 bits per heavy atom. The number of halogens is 1. The van der Waals surface area contributed by atoms with E-state index in [0.717, 1.165) is 37.7 Å². The molecule has 1 saturated heterocycles.